The highest BCUT2D eigenvalue weighted by Gasteiger charge is 2.38. The monoisotopic (exact) mass is 297 g/mol. The minimum atomic E-state index is -0.438. The summed E-state index contributed by atoms with van der Waals surface area (Å²) in [5, 5.41) is 6.46. The molecule has 0 radical (unpaired) electrons. The van der Waals surface area contributed by atoms with Crippen molar-refractivity contribution in [3.8, 4) is 0 Å². The summed E-state index contributed by atoms with van der Waals surface area (Å²) in [5.74, 6) is 0. The fourth-order valence-corrected chi connectivity index (χ4v) is 3.10. The normalized spacial score (nSPS) is 28.4. The second-order valence-electron chi connectivity index (χ2n) is 7.66. The molecular weight excluding hydrogens is 266 g/mol. The van der Waals surface area contributed by atoms with Gasteiger partial charge >= 0.3 is 6.09 Å². The van der Waals surface area contributed by atoms with E-state index in [1.807, 2.05) is 20.8 Å². The third kappa shape index (κ3) is 5.47. The molecule has 1 saturated heterocycles. The van der Waals surface area contributed by atoms with Crippen molar-refractivity contribution in [1.29, 1.82) is 0 Å². The van der Waals surface area contributed by atoms with Crippen LogP contribution in [0.25, 0.3) is 0 Å². The highest BCUT2D eigenvalue weighted by atomic mass is 16.6. The molecule has 0 aromatic carbocycles. The lowest BCUT2D eigenvalue weighted by Crippen LogP contribution is -2.45. The van der Waals surface area contributed by atoms with Crippen molar-refractivity contribution in [2.45, 2.75) is 83.6 Å². The second-order valence-corrected chi connectivity index (χ2v) is 7.66. The first-order chi connectivity index (χ1) is 9.74. The first kappa shape index (κ1) is 16.6. The van der Waals surface area contributed by atoms with E-state index in [0.717, 1.165) is 12.6 Å². The van der Waals surface area contributed by atoms with E-state index in [-0.39, 0.29) is 12.1 Å². The van der Waals surface area contributed by atoms with Gasteiger partial charge in [0.1, 0.15) is 5.60 Å². The molecule has 0 aromatic rings. The summed E-state index contributed by atoms with van der Waals surface area (Å²) in [5.41, 5.74) is -0.438. The quantitative estimate of drug-likeness (QED) is 0.816. The van der Waals surface area contributed by atoms with E-state index < -0.39 is 5.60 Å². The third-order valence-corrected chi connectivity index (χ3v) is 4.11. The molecule has 2 fully saturated rings. The summed E-state index contributed by atoms with van der Waals surface area (Å²) in [6, 6.07) is 2.31. The molecule has 21 heavy (non-hydrogen) atoms. The van der Waals surface area contributed by atoms with Crippen molar-refractivity contribution in [1.82, 2.24) is 15.5 Å². The Labute approximate surface area is 128 Å². The number of nitrogens with one attached hydrogen (secondary N) is 2. The zero-order valence-corrected chi connectivity index (χ0v) is 14.1. The van der Waals surface area contributed by atoms with Crippen molar-refractivity contribution in [2.24, 2.45) is 0 Å². The Hall–Kier alpha value is -0.810. The second kappa shape index (κ2) is 6.53. The molecule has 3 atom stereocenters. The molecule has 0 bridgehead atoms. The highest BCUT2D eigenvalue weighted by molar-refractivity contribution is 5.67. The Morgan fingerprint density at radius 3 is 2.62 bits per heavy atom. The van der Waals surface area contributed by atoms with Crippen LogP contribution in [0, 0.1) is 0 Å². The van der Waals surface area contributed by atoms with Gasteiger partial charge in [-0.25, -0.2) is 4.79 Å². The van der Waals surface area contributed by atoms with E-state index in [0.29, 0.717) is 18.6 Å². The van der Waals surface area contributed by atoms with Gasteiger partial charge in [0.15, 0.2) is 0 Å². The lowest BCUT2D eigenvalue weighted by molar-refractivity contribution is 0.0522. The Kier molecular flexibility index (Phi) is 5.15. The number of hydrogen-bond donors (Lipinski definition) is 2. The van der Waals surface area contributed by atoms with E-state index >= 15 is 0 Å². The van der Waals surface area contributed by atoms with Gasteiger partial charge in [0.25, 0.3) is 0 Å². The van der Waals surface area contributed by atoms with E-state index in [1.165, 1.54) is 19.3 Å². The summed E-state index contributed by atoms with van der Waals surface area (Å²) in [4.78, 5) is 14.3. The SMILES string of the molecule is CC(CNC(=O)OC(C)(C)C)NC1CC(C)N(C2CC2)C1. The van der Waals surface area contributed by atoms with Gasteiger partial charge in [0.2, 0.25) is 0 Å². The Morgan fingerprint density at radius 1 is 1.38 bits per heavy atom. The zero-order valence-electron chi connectivity index (χ0n) is 14.1. The summed E-state index contributed by atoms with van der Waals surface area (Å²) in [7, 11) is 0. The minimum Gasteiger partial charge on any atom is -0.444 e. The molecule has 5 nitrogen and oxygen atoms in total. The molecule has 122 valence electrons. The fraction of sp³-hybridized carbons (Fsp3) is 0.938. The predicted molar refractivity (Wildman–Crippen MR) is 84.4 cm³/mol. The molecule has 2 N–H and O–H groups in total. The number of likely N-dealkylation sites (tertiary alicyclic amines) is 1. The average molecular weight is 297 g/mol. The maximum Gasteiger partial charge on any atom is 0.407 e. The van der Waals surface area contributed by atoms with Crippen molar-refractivity contribution in [3.63, 3.8) is 0 Å². The van der Waals surface area contributed by atoms with Crippen LogP contribution in [-0.2, 0) is 4.74 Å². The van der Waals surface area contributed by atoms with Gasteiger partial charge in [-0.2, -0.15) is 0 Å². The van der Waals surface area contributed by atoms with Gasteiger partial charge in [-0.1, -0.05) is 0 Å². The molecule has 1 aliphatic carbocycles. The summed E-state index contributed by atoms with van der Waals surface area (Å²) < 4.78 is 5.25. The lowest BCUT2D eigenvalue weighted by Gasteiger charge is -2.23. The Morgan fingerprint density at radius 2 is 2.05 bits per heavy atom. The summed E-state index contributed by atoms with van der Waals surface area (Å²) >= 11 is 0. The van der Waals surface area contributed by atoms with Crippen LogP contribution in [-0.4, -0.2) is 53.9 Å². The van der Waals surface area contributed by atoms with Crippen molar-refractivity contribution in [3.05, 3.63) is 0 Å². The highest BCUT2D eigenvalue weighted by Crippen LogP contribution is 2.33. The van der Waals surface area contributed by atoms with Crippen LogP contribution < -0.4 is 10.6 Å². The van der Waals surface area contributed by atoms with E-state index in [9.17, 15) is 4.79 Å². The predicted octanol–water partition coefficient (Wildman–Crippen LogP) is 2.11. The molecule has 1 heterocycles. The number of alkyl carbamates (subject to hydrolysis) is 1. The molecule has 0 aromatic heterocycles. The van der Waals surface area contributed by atoms with Crippen molar-refractivity contribution < 1.29 is 9.53 Å². The van der Waals surface area contributed by atoms with Crippen LogP contribution in [0.1, 0.15) is 53.9 Å². The lowest BCUT2D eigenvalue weighted by atomic mass is 10.1. The van der Waals surface area contributed by atoms with Crippen LogP contribution in [0.15, 0.2) is 0 Å². The van der Waals surface area contributed by atoms with Gasteiger partial charge in [-0.05, 0) is 53.9 Å². The maximum absolute atomic E-state index is 11.6. The fourth-order valence-electron chi connectivity index (χ4n) is 3.10. The number of amides is 1. The minimum absolute atomic E-state index is 0.258. The van der Waals surface area contributed by atoms with Gasteiger partial charge in [-0.15, -0.1) is 0 Å². The van der Waals surface area contributed by atoms with Gasteiger partial charge in [0, 0.05) is 37.3 Å². The van der Waals surface area contributed by atoms with E-state index in [1.54, 1.807) is 0 Å². The first-order valence-corrected chi connectivity index (χ1v) is 8.23. The summed E-state index contributed by atoms with van der Waals surface area (Å²) in [6.45, 7) is 11.8. The molecule has 1 aliphatic heterocycles. The van der Waals surface area contributed by atoms with Gasteiger partial charge in [0.05, 0.1) is 0 Å². The van der Waals surface area contributed by atoms with Crippen LogP contribution in [0.5, 0.6) is 0 Å². The summed E-state index contributed by atoms with van der Waals surface area (Å²) in [6.07, 6.45) is 3.60. The topological polar surface area (TPSA) is 53.6 Å². The van der Waals surface area contributed by atoms with E-state index in [4.69, 9.17) is 4.74 Å². The molecular formula is C16H31N3O2. The average Bonchev–Trinajstić information content (AvgIpc) is 3.10. The number of carbonyl (C=O) groups excluding carboxylic acids is 1. The molecule has 2 aliphatic rings. The van der Waals surface area contributed by atoms with Gasteiger partial charge < -0.3 is 15.4 Å². The maximum atomic E-state index is 11.6. The van der Waals surface area contributed by atoms with E-state index in [2.05, 4.69) is 29.4 Å². The van der Waals surface area contributed by atoms with Crippen LogP contribution in [0.3, 0.4) is 0 Å². The van der Waals surface area contributed by atoms with Crippen molar-refractivity contribution in [2.75, 3.05) is 13.1 Å². The van der Waals surface area contributed by atoms with Gasteiger partial charge in [-0.3, -0.25) is 4.90 Å². The van der Waals surface area contributed by atoms with Crippen LogP contribution in [0.4, 0.5) is 4.79 Å². The number of ether oxygens (including phenoxy) is 1. The number of hydrogen-bond acceptors (Lipinski definition) is 4. The molecule has 5 heteroatoms. The largest absolute Gasteiger partial charge is 0.444 e. The standard InChI is InChI=1S/C16H31N3O2/c1-11(9-17-15(20)21-16(3,4)5)18-13-8-12(2)19(10-13)14-6-7-14/h11-14,18H,6-10H2,1-5H3,(H,17,20). The zero-order chi connectivity index (χ0) is 15.6. The Balaban J connectivity index is 1.65. The van der Waals surface area contributed by atoms with Crippen LogP contribution in [0.2, 0.25) is 0 Å². The smallest absolute Gasteiger partial charge is 0.407 e. The third-order valence-electron chi connectivity index (χ3n) is 4.11. The number of nitrogens with zero attached hydrogens (tertiary/aromatic N) is 1. The first-order valence-electron chi connectivity index (χ1n) is 8.23. The molecule has 1 saturated carbocycles. The van der Waals surface area contributed by atoms with Crippen molar-refractivity contribution >= 4 is 6.09 Å². The Bertz CT molecular complexity index is 363. The molecule has 2 rings (SSSR count). The van der Waals surface area contributed by atoms with Crippen LogP contribution >= 0.6 is 0 Å². The number of carbonyl (C=O) groups is 1. The molecule has 0 spiro atoms. The number of rotatable bonds is 5. The molecule has 1 amide bonds. The molecule has 3 unspecified atom stereocenters.